The van der Waals surface area contributed by atoms with Crippen LogP contribution < -0.4 is 5.69 Å². The fraction of sp³-hybridized carbons (Fsp3) is 0.562. The predicted octanol–water partition coefficient (Wildman–Crippen LogP) is 6.44. The first-order chi connectivity index (χ1) is 19.7. The second-order valence-electron chi connectivity index (χ2n) is 12.0. The van der Waals surface area contributed by atoms with E-state index in [1.165, 1.54) is 49.3 Å². The van der Waals surface area contributed by atoms with Gasteiger partial charge in [-0.15, -0.1) is 0 Å². The second-order valence-corrected chi connectivity index (χ2v) is 12.0. The predicted molar refractivity (Wildman–Crippen MR) is 155 cm³/mol. The Morgan fingerprint density at radius 1 is 1.00 bits per heavy atom. The summed E-state index contributed by atoms with van der Waals surface area (Å²) < 4.78 is 43.8. The Morgan fingerprint density at radius 2 is 1.68 bits per heavy atom. The molecule has 1 aromatic heterocycles. The van der Waals surface area contributed by atoms with Gasteiger partial charge in [-0.25, -0.2) is 4.79 Å². The highest BCUT2D eigenvalue weighted by molar-refractivity contribution is 5.78. The molecule has 1 saturated carbocycles. The number of benzene rings is 2. The zero-order valence-electron chi connectivity index (χ0n) is 24.0. The molecule has 2 fully saturated rings. The highest BCUT2D eigenvalue weighted by Crippen LogP contribution is 2.34. The van der Waals surface area contributed by atoms with Gasteiger partial charge in [0.25, 0.3) is 0 Å². The van der Waals surface area contributed by atoms with Gasteiger partial charge in [0, 0.05) is 25.2 Å². The van der Waals surface area contributed by atoms with Crippen molar-refractivity contribution in [1.29, 1.82) is 5.26 Å². The third-order valence-electron chi connectivity index (χ3n) is 9.01. The van der Waals surface area contributed by atoms with Crippen LogP contribution in [0.5, 0.6) is 0 Å². The van der Waals surface area contributed by atoms with Gasteiger partial charge < -0.3 is 4.90 Å². The molecule has 3 aromatic rings. The summed E-state index contributed by atoms with van der Waals surface area (Å²) in [4.78, 5) is 18.8. The van der Waals surface area contributed by atoms with Gasteiger partial charge >= 0.3 is 11.9 Å². The monoisotopic (exact) mass is 567 g/mol. The first-order valence-corrected chi connectivity index (χ1v) is 15.0. The third-order valence-corrected chi connectivity index (χ3v) is 9.01. The number of piperidine rings is 1. The minimum absolute atomic E-state index is 0.104. The second kappa shape index (κ2) is 12.4. The number of hydrogen-bond donors (Lipinski definition) is 0. The number of aryl methyl sites for hydroxylation is 1. The van der Waals surface area contributed by atoms with Crippen LogP contribution >= 0.6 is 0 Å². The number of likely N-dealkylation sites (tertiary alicyclic amines) is 1. The Balaban J connectivity index is 1.21. The van der Waals surface area contributed by atoms with Gasteiger partial charge in [0.1, 0.15) is 0 Å². The van der Waals surface area contributed by atoms with Crippen LogP contribution in [0.25, 0.3) is 16.7 Å². The molecule has 1 aliphatic heterocycles. The molecule has 9 heteroatoms. The maximum absolute atomic E-state index is 13.6. The van der Waals surface area contributed by atoms with E-state index < -0.39 is 17.3 Å². The van der Waals surface area contributed by atoms with Crippen molar-refractivity contribution in [3.8, 4) is 11.8 Å². The van der Waals surface area contributed by atoms with Crippen molar-refractivity contribution in [3.05, 3.63) is 64.1 Å². The normalized spacial score (nSPS) is 17.4. The van der Waals surface area contributed by atoms with Crippen LogP contribution in [0.15, 0.2) is 47.3 Å². The van der Waals surface area contributed by atoms with Gasteiger partial charge in [0.2, 0.25) is 0 Å². The quantitative estimate of drug-likeness (QED) is 0.265. The minimum Gasteiger partial charge on any atom is -0.303 e. The molecule has 0 amide bonds. The van der Waals surface area contributed by atoms with Crippen LogP contribution in [-0.2, 0) is 12.7 Å². The van der Waals surface area contributed by atoms with E-state index in [0.717, 1.165) is 56.6 Å². The first kappa shape index (κ1) is 29.4. The average Bonchev–Trinajstić information content (AvgIpc) is 3.20. The molecular weight excluding hydrogens is 527 g/mol. The van der Waals surface area contributed by atoms with E-state index in [-0.39, 0.29) is 11.4 Å². The van der Waals surface area contributed by atoms with Crippen LogP contribution in [-0.4, -0.2) is 57.2 Å². The minimum atomic E-state index is -4.69. The van der Waals surface area contributed by atoms with Crippen LogP contribution in [0.1, 0.15) is 69.9 Å². The molecule has 0 atom stereocenters. The lowest BCUT2D eigenvalue weighted by atomic mass is 9.88. The van der Waals surface area contributed by atoms with Crippen molar-refractivity contribution in [2.24, 2.45) is 5.92 Å². The number of rotatable bonds is 10. The lowest BCUT2D eigenvalue weighted by Crippen LogP contribution is -2.48. The zero-order chi connectivity index (χ0) is 29.1. The summed E-state index contributed by atoms with van der Waals surface area (Å²) in [6.07, 6.45) is 3.58. The van der Waals surface area contributed by atoms with Crippen LogP contribution in [0.2, 0.25) is 0 Å². The number of alkyl halides is 3. The van der Waals surface area contributed by atoms with Crippen molar-refractivity contribution in [2.75, 3.05) is 26.2 Å². The molecule has 0 bridgehead atoms. The molecule has 5 rings (SSSR count). The van der Waals surface area contributed by atoms with Gasteiger partial charge in [0.05, 0.1) is 33.9 Å². The van der Waals surface area contributed by atoms with E-state index in [4.69, 9.17) is 5.26 Å². The number of hydrogen-bond acceptors (Lipinski definition) is 4. The van der Waals surface area contributed by atoms with Gasteiger partial charge in [-0.2, -0.15) is 18.4 Å². The molecule has 0 radical (unpaired) electrons. The van der Waals surface area contributed by atoms with E-state index in [2.05, 4.69) is 23.6 Å². The number of para-hydroxylation sites is 2. The SMILES string of the molecule is CC(C)N(CC1CCN(CCCCn2c(=O)n(-c3ccc(C#N)c(C(F)(F)F)c3)c3ccccc32)CC1)C1CCC1. The van der Waals surface area contributed by atoms with Crippen molar-refractivity contribution in [2.45, 2.75) is 83.6 Å². The van der Waals surface area contributed by atoms with Crippen LogP contribution in [0.4, 0.5) is 13.2 Å². The van der Waals surface area contributed by atoms with Gasteiger partial charge in [-0.3, -0.25) is 14.0 Å². The summed E-state index contributed by atoms with van der Waals surface area (Å²) in [5.41, 5.74) is -0.520. The number of imidazole rings is 1. The Kier molecular flexibility index (Phi) is 8.91. The van der Waals surface area contributed by atoms with Gasteiger partial charge in [-0.1, -0.05) is 18.6 Å². The lowest BCUT2D eigenvalue weighted by molar-refractivity contribution is -0.137. The van der Waals surface area contributed by atoms with E-state index in [1.54, 1.807) is 22.8 Å². The smallest absolute Gasteiger partial charge is 0.303 e. The van der Waals surface area contributed by atoms with Crippen LogP contribution in [0, 0.1) is 17.2 Å². The van der Waals surface area contributed by atoms with E-state index >= 15 is 0 Å². The Bertz CT molecular complexity index is 1440. The number of halogens is 3. The number of aromatic nitrogens is 2. The molecule has 2 heterocycles. The summed E-state index contributed by atoms with van der Waals surface area (Å²) in [7, 11) is 0. The molecule has 2 aromatic carbocycles. The fourth-order valence-corrected chi connectivity index (χ4v) is 6.47. The number of fused-ring (bicyclic) bond motifs is 1. The molecule has 1 aliphatic carbocycles. The van der Waals surface area contributed by atoms with Crippen molar-refractivity contribution >= 4 is 11.0 Å². The summed E-state index contributed by atoms with van der Waals surface area (Å²) in [5.74, 6) is 0.763. The number of nitrogens with zero attached hydrogens (tertiary/aromatic N) is 5. The van der Waals surface area contributed by atoms with Crippen molar-refractivity contribution in [3.63, 3.8) is 0 Å². The molecule has 1 saturated heterocycles. The molecule has 0 spiro atoms. The molecule has 0 N–H and O–H groups in total. The lowest BCUT2D eigenvalue weighted by Gasteiger charge is -2.43. The van der Waals surface area contributed by atoms with Gasteiger partial charge in [0.15, 0.2) is 0 Å². The molecule has 220 valence electrons. The average molecular weight is 568 g/mol. The van der Waals surface area contributed by atoms with Crippen LogP contribution in [0.3, 0.4) is 0 Å². The molecule has 2 aliphatic rings. The number of nitriles is 1. The summed E-state index contributed by atoms with van der Waals surface area (Å²) in [6.45, 7) is 9.56. The maximum atomic E-state index is 13.6. The summed E-state index contributed by atoms with van der Waals surface area (Å²) >= 11 is 0. The maximum Gasteiger partial charge on any atom is 0.417 e. The topological polar surface area (TPSA) is 57.2 Å². The molecule has 41 heavy (non-hydrogen) atoms. The molecule has 6 nitrogen and oxygen atoms in total. The van der Waals surface area contributed by atoms with E-state index in [0.29, 0.717) is 23.6 Å². The Hall–Kier alpha value is -3.09. The molecular formula is C32H40F3N5O. The number of unbranched alkanes of at least 4 members (excludes halogenated alkanes) is 1. The fourth-order valence-electron chi connectivity index (χ4n) is 6.47. The zero-order valence-corrected chi connectivity index (χ0v) is 24.0. The summed E-state index contributed by atoms with van der Waals surface area (Å²) in [6, 6.07) is 13.6. The third kappa shape index (κ3) is 6.39. The highest BCUT2D eigenvalue weighted by atomic mass is 19.4. The highest BCUT2D eigenvalue weighted by Gasteiger charge is 2.34. The Labute approximate surface area is 240 Å². The first-order valence-electron chi connectivity index (χ1n) is 15.0. The van der Waals surface area contributed by atoms with E-state index in [9.17, 15) is 18.0 Å². The Morgan fingerprint density at radius 3 is 2.29 bits per heavy atom. The standard InChI is InChI=1S/C32H40F3N5O/c1-23(2)39(26-8-7-9-26)22-24-14-18-37(19-15-24)16-5-6-17-38-29-10-3-4-11-30(29)40(31(38)41)27-13-12-25(21-36)28(20-27)32(33,34)35/h3-4,10-13,20,23-24,26H,5-9,14-19,22H2,1-2H3. The summed E-state index contributed by atoms with van der Waals surface area (Å²) in [5, 5.41) is 9.16. The molecule has 0 unspecified atom stereocenters. The van der Waals surface area contributed by atoms with E-state index in [1.807, 2.05) is 12.1 Å². The van der Waals surface area contributed by atoms with Crippen molar-refractivity contribution in [1.82, 2.24) is 18.9 Å². The largest absolute Gasteiger partial charge is 0.417 e. The van der Waals surface area contributed by atoms with Crippen molar-refractivity contribution < 1.29 is 13.2 Å². The van der Waals surface area contributed by atoms with Gasteiger partial charge in [-0.05, 0) is 108 Å².